The number of aliphatic hydroxyl groups excluding tert-OH is 1. The van der Waals surface area contributed by atoms with E-state index >= 15 is 0 Å². The highest BCUT2D eigenvalue weighted by molar-refractivity contribution is 7.14. The molecule has 0 unspecified atom stereocenters. The molecule has 6 nitrogen and oxygen atoms in total. The predicted octanol–water partition coefficient (Wildman–Crippen LogP) is 1.77. The molecule has 0 aromatic carbocycles. The van der Waals surface area contributed by atoms with Gasteiger partial charge in [0.25, 0.3) is 0 Å². The summed E-state index contributed by atoms with van der Waals surface area (Å²) in [4.78, 5) is 30.8. The molecule has 8 heteroatoms. The normalized spacial score (nSPS) is 10.5. The first-order valence-electron chi connectivity index (χ1n) is 7.27. The van der Waals surface area contributed by atoms with Gasteiger partial charge in [-0.2, -0.15) is 0 Å². The number of amides is 2. The lowest BCUT2D eigenvalue weighted by Gasteiger charge is -2.18. The maximum atomic E-state index is 12.1. The molecular formula is C15H19N3O3S2. The van der Waals surface area contributed by atoms with Crippen LogP contribution in [-0.2, 0) is 22.4 Å². The van der Waals surface area contributed by atoms with Gasteiger partial charge < -0.3 is 15.3 Å². The van der Waals surface area contributed by atoms with Gasteiger partial charge in [-0.15, -0.1) is 22.7 Å². The number of carbonyl (C=O) groups is 2. The SMILES string of the molecule is CCN(CCO)C(=O)Cc1csc(NC(=O)Cc2cccs2)n1. The quantitative estimate of drug-likeness (QED) is 0.758. The molecule has 2 rings (SSSR count). The molecule has 0 saturated heterocycles. The van der Waals surface area contributed by atoms with Crippen molar-refractivity contribution in [3.05, 3.63) is 33.5 Å². The van der Waals surface area contributed by atoms with E-state index in [0.29, 0.717) is 30.3 Å². The van der Waals surface area contributed by atoms with E-state index in [2.05, 4.69) is 10.3 Å². The van der Waals surface area contributed by atoms with E-state index in [1.54, 1.807) is 10.3 Å². The Morgan fingerprint density at radius 3 is 2.83 bits per heavy atom. The lowest BCUT2D eigenvalue weighted by molar-refractivity contribution is -0.130. The van der Waals surface area contributed by atoms with Crippen molar-refractivity contribution < 1.29 is 14.7 Å². The van der Waals surface area contributed by atoms with Crippen LogP contribution in [0.4, 0.5) is 5.13 Å². The van der Waals surface area contributed by atoms with Crippen LogP contribution in [0.2, 0.25) is 0 Å². The van der Waals surface area contributed by atoms with E-state index < -0.39 is 0 Å². The largest absolute Gasteiger partial charge is 0.395 e. The number of nitrogens with one attached hydrogen (secondary N) is 1. The number of hydrogen-bond acceptors (Lipinski definition) is 6. The second-order valence-electron chi connectivity index (χ2n) is 4.82. The molecule has 0 aliphatic carbocycles. The van der Waals surface area contributed by atoms with Crippen molar-refractivity contribution in [2.75, 3.05) is 25.0 Å². The number of rotatable bonds is 8. The molecule has 0 bridgehead atoms. The molecular weight excluding hydrogens is 334 g/mol. The van der Waals surface area contributed by atoms with Crippen LogP contribution in [-0.4, -0.2) is 46.5 Å². The van der Waals surface area contributed by atoms with Crippen molar-refractivity contribution in [2.24, 2.45) is 0 Å². The first-order chi connectivity index (χ1) is 11.1. The van der Waals surface area contributed by atoms with Gasteiger partial charge in [0, 0.05) is 23.3 Å². The van der Waals surface area contributed by atoms with Crippen molar-refractivity contribution in [3.8, 4) is 0 Å². The third kappa shape index (κ3) is 5.42. The van der Waals surface area contributed by atoms with Gasteiger partial charge in [0.1, 0.15) is 0 Å². The number of likely N-dealkylation sites (N-methyl/N-ethyl adjacent to an activating group) is 1. The van der Waals surface area contributed by atoms with Crippen LogP contribution >= 0.6 is 22.7 Å². The lowest BCUT2D eigenvalue weighted by atomic mass is 10.3. The zero-order valence-electron chi connectivity index (χ0n) is 12.8. The third-order valence-corrected chi connectivity index (χ3v) is 4.83. The number of thiazole rings is 1. The van der Waals surface area contributed by atoms with E-state index in [9.17, 15) is 9.59 Å². The number of aromatic nitrogens is 1. The summed E-state index contributed by atoms with van der Waals surface area (Å²) in [7, 11) is 0. The maximum absolute atomic E-state index is 12.1. The number of aliphatic hydroxyl groups is 1. The fourth-order valence-electron chi connectivity index (χ4n) is 2.03. The molecule has 2 aromatic heterocycles. The average molecular weight is 353 g/mol. The minimum Gasteiger partial charge on any atom is -0.395 e. The molecule has 0 fully saturated rings. The molecule has 2 amide bonds. The van der Waals surface area contributed by atoms with Gasteiger partial charge in [-0.25, -0.2) is 4.98 Å². The van der Waals surface area contributed by atoms with E-state index in [0.717, 1.165) is 4.88 Å². The smallest absolute Gasteiger partial charge is 0.231 e. The number of hydrogen-bond donors (Lipinski definition) is 2. The van der Waals surface area contributed by atoms with Gasteiger partial charge in [-0.05, 0) is 18.4 Å². The third-order valence-electron chi connectivity index (χ3n) is 3.15. The van der Waals surface area contributed by atoms with Crippen LogP contribution in [0.5, 0.6) is 0 Å². The van der Waals surface area contributed by atoms with Crippen molar-refractivity contribution in [1.82, 2.24) is 9.88 Å². The Morgan fingerprint density at radius 2 is 2.17 bits per heavy atom. The number of anilines is 1. The van der Waals surface area contributed by atoms with Gasteiger partial charge in [-0.1, -0.05) is 6.07 Å². The minimum absolute atomic E-state index is 0.0549. The first kappa shape index (κ1) is 17.6. The second kappa shape index (κ2) is 8.76. The number of thiophene rings is 1. The lowest BCUT2D eigenvalue weighted by Crippen LogP contribution is -2.34. The highest BCUT2D eigenvalue weighted by Crippen LogP contribution is 2.17. The van der Waals surface area contributed by atoms with E-state index in [1.165, 1.54) is 22.7 Å². The molecule has 0 radical (unpaired) electrons. The van der Waals surface area contributed by atoms with Gasteiger partial charge in [0.05, 0.1) is 25.1 Å². The predicted molar refractivity (Wildman–Crippen MR) is 91.8 cm³/mol. The van der Waals surface area contributed by atoms with Gasteiger partial charge in [-0.3, -0.25) is 9.59 Å². The van der Waals surface area contributed by atoms with Crippen molar-refractivity contribution in [1.29, 1.82) is 0 Å². The summed E-state index contributed by atoms with van der Waals surface area (Å²) in [5.74, 6) is -0.196. The summed E-state index contributed by atoms with van der Waals surface area (Å²) in [6.45, 7) is 2.68. The van der Waals surface area contributed by atoms with Crippen LogP contribution in [0.3, 0.4) is 0 Å². The number of carbonyl (C=O) groups excluding carboxylic acids is 2. The highest BCUT2D eigenvalue weighted by Gasteiger charge is 2.14. The summed E-state index contributed by atoms with van der Waals surface area (Å²) in [6, 6.07) is 3.82. The van der Waals surface area contributed by atoms with Crippen LogP contribution in [0.15, 0.2) is 22.9 Å². The van der Waals surface area contributed by atoms with Gasteiger partial charge in [0.15, 0.2) is 5.13 Å². The molecule has 124 valence electrons. The Labute approximate surface area is 142 Å². The first-order valence-corrected chi connectivity index (χ1v) is 9.03. The molecule has 0 aliphatic heterocycles. The summed E-state index contributed by atoms with van der Waals surface area (Å²) in [5, 5.41) is 15.9. The summed E-state index contributed by atoms with van der Waals surface area (Å²) in [5.41, 5.74) is 0.628. The Bertz CT molecular complexity index is 640. The van der Waals surface area contributed by atoms with Gasteiger partial charge in [0.2, 0.25) is 11.8 Å². The zero-order valence-corrected chi connectivity index (χ0v) is 14.5. The molecule has 23 heavy (non-hydrogen) atoms. The van der Waals surface area contributed by atoms with Crippen molar-refractivity contribution >= 4 is 39.6 Å². The zero-order chi connectivity index (χ0) is 16.7. The molecule has 0 saturated carbocycles. The molecule has 0 atom stereocenters. The summed E-state index contributed by atoms with van der Waals surface area (Å²) < 4.78 is 0. The van der Waals surface area contributed by atoms with Crippen LogP contribution in [0, 0.1) is 0 Å². The van der Waals surface area contributed by atoms with Gasteiger partial charge >= 0.3 is 0 Å². The fourth-order valence-corrected chi connectivity index (χ4v) is 3.46. The average Bonchev–Trinajstić information content (AvgIpc) is 3.16. The van der Waals surface area contributed by atoms with Crippen molar-refractivity contribution in [2.45, 2.75) is 19.8 Å². The Balaban J connectivity index is 1.87. The van der Waals surface area contributed by atoms with Crippen LogP contribution < -0.4 is 5.32 Å². The standard InChI is InChI=1S/C15H19N3O3S2/c1-2-18(5-6-19)14(21)8-11-10-23-15(16-11)17-13(20)9-12-4-3-7-22-12/h3-4,7,10,19H,2,5-6,8-9H2,1H3,(H,16,17,20). The number of nitrogens with zero attached hydrogens (tertiary/aromatic N) is 2. The molecule has 2 N–H and O–H groups in total. The Kier molecular flexibility index (Phi) is 6.69. The van der Waals surface area contributed by atoms with E-state index in [1.807, 2.05) is 24.4 Å². The van der Waals surface area contributed by atoms with E-state index in [-0.39, 0.29) is 24.8 Å². The van der Waals surface area contributed by atoms with Crippen LogP contribution in [0.1, 0.15) is 17.5 Å². The summed E-state index contributed by atoms with van der Waals surface area (Å²) in [6.07, 6.45) is 0.497. The Hall–Kier alpha value is -1.77. The highest BCUT2D eigenvalue weighted by atomic mass is 32.1. The van der Waals surface area contributed by atoms with E-state index in [4.69, 9.17) is 5.11 Å². The Morgan fingerprint density at radius 1 is 1.35 bits per heavy atom. The maximum Gasteiger partial charge on any atom is 0.231 e. The minimum atomic E-state index is -0.116. The fraction of sp³-hybridized carbons (Fsp3) is 0.400. The monoisotopic (exact) mass is 353 g/mol. The summed E-state index contributed by atoms with van der Waals surface area (Å²) >= 11 is 2.84. The molecule has 2 aromatic rings. The topological polar surface area (TPSA) is 82.5 Å². The molecule has 0 aliphatic rings. The van der Waals surface area contributed by atoms with Crippen LogP contribution in [0.25, 0.3) is 0 Å². The molecule has 0 spiro atoms. The van der Waals surface area contributed by atoms with Crippen molar-refractivity contribution in [3.63, 3.8) is 0 Å². The second-order valence-corrected chi connectivity index (χ2v) is 6.71. The molecule has 2 heterocycles.